The average molecular weight is 502 g/mol. The summed E-state index contributed by atoms with van der Waals surface area (Å²) >= 11 is 6.84. The van der Waals surface area contributed by atoms with Crippen LogP contribution in [0.1, 0.15) is 17.2 Å². The number of aryl methyl sites for hydroxylation is 1. The average Bonchev–Trinajstić information content (AvgIpc) is 3.20. The fourth-order valence-corrected chi connectivity index (χ4v) is 4.19. The Morgan fingerprint density at radius 2 is 2.07 bits per heavy atom. The molecule has 7 nitrogen and oxygen atoms in total. The van der Waals surface area contributed by atoms with E-state index in [1.165, 1.54) is 0 Å². The van der Waals surface area contributed by atoms with Crippen LogP contribution in [0.3, 0.4) is 0 Å². The van der Waals surface area contributed by atoms with Gasteiger partial charge >= 0.3 is 0 Å². The van der Waals surface area contributed by atoms with E-state index in [1.807, 2.05) is 42.2 Å². The lowest BCUT2D eigenvalue weighted by molar-refractivity contribution is 0.641. The van der Waals surface area contributed by atoms with Crippen molar-refractivity contribution in [2.75, 3.05) is 0 Å². The highest BCUT2D eigenvalue weighted by atomic mass is 79.9. The first-order valence-electron chi connectivity index (χ1n) is 8.63. The summed E-state index contributed by atoms with van der Waals surface area (Å²) in [5.74, 6) is 1.36. The number of rotatable bonds is 2. The molecule has 0 aliphatic carbocycles. The molecule has 4 heterocycles. The fraction of sp³-hybridized carbons (Fsp3) is 0.158. The van der Waals surface area contributed by atoms with E-state index in [1.54, 1.807) is 16.8 Å². The van der Waals surface area contributed by atoms with Crippen molar-refractivity contribution in [3.8, 4) is 17.1 Å². The van der Waals surface area contributed by atoms with Crippen LogP contribution >= 0.6 is 31.9 Å². The number of hydrogen-bond donors (Lipinski definition) is 0. The van der Waals surface area contributed by atoms with E-state index < -0.39 is 0 Å². The van der Waals surface area contributed by atoms with Crippen molar-refractivity contribution >= 4 is 31.9 Å². The Bertz CT molecular complexity index is 1290. The van der Waals surface area contributed by atoms with Crippen LogP contribution in [-0.4, -0.2) is 28.9 Å². The first-order chi connectivity index (χ1) is 13.5. The van der Waals surface area contributed by atoms with Crippen LogP contribution in [0.5, 0.6) is 0 Å². The second-order valence-corrected chi connectivity index (χ2v) is 8.38. The topological polar surface area (TPSA) is 70.5 Å². The molecule has 1 aliphatic rings. The molecule has 0 bridgehead atoms. The number of nitrogens with zero attached hydrogens (tertiary/aromatic N) is 6. The molecule has 0 saturated carbocycles. The number of benzene rings is 1. The third kappa shape index (κ3) is 2.77. The highest BCUT2D eigenvalue weighted by Gasteiger charge is 2.24. The van der Waals surface area contributed by atoms with Gasteiger partial charge in [0.15, 0.2) is 11.6 Å². The van der Waals surface area contributed by atoms with Crippen LogP contribution < -0.4 is 5.56 Å². The Hall–Kier alpha value is -2.52. The Morgan fingerprint density at radius 3 is 2.93 bits per heavy atom. The smallest absolute Gasteiger partial charge is 0.265 e. The van der Waals surface area contributed by atoms with Gasteiger partial charge < -0.3 is 9.13 Å². The Kier molecular flexibility index (Phi) is 4.09. The highest BCUT2D eigenvalue weighted by molar-refractivity contribution is 9.10. The van der Waals surface area contributed by atoms with Crippen molar-refractivity contribution in [1.82, 2.24) is 28.9 Å². The van der Waals surface area contributed by atoms with Crippen molar-refractivity contribution in [3.63, 3.8) is 0 Å². The highest BCUT2D eigenvalue weighted by Crippen LogP contribution is 2.33. The number of pyridine rings is 1. The van der Waals surface area contributed by atoms with E-state index in [0.717, 1.165) is 32.9 Å². The minimum Gasteiger partial charge on any atom is -0.307 e. The monoisotopic (exact) mass is 500 g/mol. The van der Waals surface area contributed by atoms with Crippen molar-refractivity contribution < 1.29 is 0 Å². The minimum atomic E-state index is -0.107. The summed E-state index contributed by atoms with van der Waals surface area (Å²) in [6.45, 7) is 2.86. The zero-order valence-corrected chi connectivity index (χ0v) is 18.0. The van der Waals surface area contributed by atoms with Gasteiger partial charge in [-0.15, -0.1) is 0 Å². The van der Waals surface area contributed by atoms with Gasteiger partial charge in [0.25, 0.3) is 5.56 Å². The molecule has 0 fully saturated rings. The molecule has 0 radical (unpaired) electrons. The molecule has 0 atom stereocenters. The van der Waals surface area contributed by atoms with Crippen molar-refractivity contribution in [2.45, 2.75) is 20.0 Å². The van der Waals surface area contributed by atoms with Crippen LogP contribution in [0.2, 0.25) is 0 Å². The van der Waals surface area contributed by atoms with Gasteiger partial charge in [0, 0.05) is 16.2 Å². The first-order valence-corrected chi connectivity index (χ1v) is 10.2. The number of aromatic nitrogens is 6. The third-order valence-electron chi connectivity index (χ3n) is 4.83. The van der Waals surface area contributed by atoms with Gasteiger partial charge in [-0.25, -0.2) is 14.6 Å². The molecule has 0 amide bonds. The molecule has 28 heavy (non-hydrogen) atoms. The van der Waals surface area contributed by atoms with E-state index in [2.05, 4.69) is 41.4 Å². The predicted molar refractivity (Wildman–Crippen MR) is 112 cm³/mol. The normalized spacial score (nSPS) is 12.2. The Morgan fingerprint density at radius 1 is 1.21 bits per heavy atom. The summed E-state index contributed by atoms with van der Waals surface area (Å²) in [6, 6.07) is 9.64. The van der Waals surface area contributed by atoms with Gasteiger partial charge in [-0.3, -0.25) is 4.79 Å². The van der Waals surface area contributed by atoms with Gasteiger partial charge in [-0.2, -0.15) is 5.10 Å². The molecule has 0 saturated heterocycles. The number of fused-ring (bicyclic) bond motifs is 5. The lowest BCUT2D eigenvalue weighted by Crippen LogP contribution is -2.21. The van der Waals surface area contributed by atoms with Crippen LogP contribution in [0.15, 0.2) is 56.6 Å². The van der Waals surface area contributed by atoms with E-state index in [4.69, 9.17) is 10.1 Å². The second-order valence-electron chi connectivity index (χ2n) is 6.61. The third-order valence-corrected chi connectivity index (χ3v) is 5.93. The van der Waals surface area contributed by atoms with Crippen LogP contribution in [0, 0.1) is 6.92 Å². The van der Waals surface area contributed by atoms with Crippen LogP contribution in [-0.2, 0) is 13.1 Å². The van der Waals surface area contributed by atoms with E-state index in [0.29, 0.717) is 23.4 Å². The molecule has 5 rings (SSSR count). The lowest BCUT2D eigenvalue weighted by Gasteiger charge is -2.09. The quantitative estimate of drug-likeness (QED) is 0.371. The van der Waals surface area contributed by atoms with Gasteiger partial charge in [-0.1, -0.05) is 15.9 Å². The molecule has 0 spiro atoms. The Balaban J connectivity index is 1.67. The van der Waals surface area contributed by atoms with E-state index in [-0.39, 0.29) is 5.56 Å². The lowest BCUT2D eigenvalue weighted by atomic mass is 10.1. The summed E-state index contributed by atoms with van der Waals surface area (Å²) in [7, 11) is 0. The Labute approximate surface area is 176 Å². The summed E-state index contributed by atoms with van der Waals surface area (Å²) in [5, 5.41) is 4.70. The van der Waals surface area contributed by atoms with Gasteiger partial charge in [0.2, 0.25) is 0 Å². The predicted octanol–water partition coefficient (Wildman–Crippen LogP) is 3.54. The van der Waals surface area contributed by atoms with E-state index in [9.17, 15) is 4.79 Å². The maximum Gasteiger partial charge on any atom is 0.265 e. The standard InChI is InChI=1S/C19H14Br2N6O/c1-11-16-8-27-18(13-7-12(20)4-5-15(13)26(16)10-22-11)23-17(24-27)9-25-6-2-3-14(21)19(25)28/h2-7,10H,8-9H2,1H3. The summed E-state index contributed by atoms with van der Waals surface area (Å²) in [4.78, 5) is 21.6. The van der Waals surface area contributed by atoms with Crippen molar-refractivity contribution in [2.24, 2.45) is 0 Å². The SMILES string of the molecule is Cc1ncn2c1Cn1nc(Cn3cccc(Br)c3=O)nc1-c1cc(Br)ccc1-2. The van der Waals surface area contributed by atoms with Crippen molar-refractivity contribution in [3.05, 3.63) is 79.4 Å². The van der Waals surface area contributed by atoms with E-state index >= 15 is 0 Å². The molecule has 4 aromatic rings. The van der Waals surface area contributed by atoms with Crippen LogP contribution in [0.4, 0.5) is 0 Å². The molecule has 1 aliphatic heterocycles. The van der Waals surface area contributed by atoms with Gasteiger partial charge in [0.1, 0.15) is 0 Å². The molecule has 3 aromatic heterocycles. The molecule has 0 N–H and O–H groups in total. The maximum atomic E-state index is 12.3. The summed E-state index contributed by atoms with van der Waals surface area (Å²) < 4.78 is 7.05. The number of imidazole rings is 1. The molecule has 0 unspecified atom stereocenters. The summed E-state index contributed by atoms with van der Waals surface area (Å²) in [6.07, 6.45) is 3.58. The first kappa shape index (κ1) is 17.6. The number of halogens is 2. The zero-order chi connectivity index (χ0) is 19.4. The van der Waals surface area contributed by atoms with Crippen molar-refractivity contribution in [1.29, 1.82) is 0 Å². The largest absolute Gasteiger partial charge is 0.307 e. The van der Waals surface area contributed by atoms with Gasteiger partial charge in [-0.05, 0) is 53.2 Å². The molecule has 140 valence electrons. The molecule has 1 aromatic carbocycles. The van der Waals surface area contributed by atoms with Gasteiger partial charge in [0.05, 0.1) is 41.0 Å². The summed E-state index contributed by atoms with van der Waals surface area (Å²) in [5.41, 5.74) is 3.90. The number of hydrogen-bond acceptors (Lipinski definition) is 4. The zero-order valence-electron chi connectivity index (χ0n) is 14.8. The molecule has 9 heteroatoms. The fourth-order valence-electron chi connectivity index (χ4n) is 3.45. The molecular weight excluding hydrogens is 488 g/mol. The molecular formula is C19H14Br2N6O. The minimum absolute atomic E-state index is 0.107. The maximum absolute atomic E-state index is 12.3. The second kappa shape index (κ2) is 6.52. The van der Waals surface area contributed by atoms with Crippen LogP contribution in [0.25, 0.3) is 17.1 Å².